The topological polar surface area (TPSA) is 56.5 Å². The van der Waals surface area contributed by atoms with Gasteiger partial charge in [-0.1, -0.05) is 0 Å². The van der Waals surface area contributed by atoms with Gasteiger partial charge < -0.3 is 14.7 Å². The van der Waals surface area contributed by atoms with Gasteiger partial charge in [0.1, 0.15) is 11.9 Å². The Hall–Kier alpha value is -1.64. The summed E-state index contributed by atoms with van der Waals surface area (Å²) in [7, 11) is 1.83. The van der Waals surface area contributed by atoms with E-state index >= 15 is 0 Å². The normalized spacial score (nSPS) is 10.2. The maximum Gasteiger partial charge on any atom is 0.143 e. The van der Waals surface area contributed by atoms with Crippen molar-refractivity contribution in [2.24, 2.45) is 0 Å². The first-order valence-corrected chi connectivity index (χ1v) is 5.70. The lowest BCUT2D eigenvalue weighted by Gasteiger charge is -2.21. The number of halogens is 1. The second-order valence-electron chi connectivity index (χ2n) is 3.99. The smallest absolute Gasteiger partial charge is 0.143 e. The standard InChI is InChI=1S/C13H17FN2O2/c1-10-7-11(9-15)12(14)8-13(10)16(2)3-5-18-6-4-17/h7-8,17H,3-6H2,1-2H3. The second-order valence-corrected chi connectivity index (χ2v) is 3.99. The summed E-state index contributed by atoms with van der Waals surface area (Å²) in [6.45, 7) is 3.17. The molecule has 1 N–H and O–H groups in total. The van der Waals surface area contributed by atoms with E-state index in [0.29, 0.717) is 19.8 Å². The Balaban J connectivity index is 2.71. The van der Waals surface area contributed by atoms with E-state index < -0.39 is 5.82 Å². The number of nitrogens with zero attached hydrogens (tertiary/aromatic N) is 2. The number of hydrogen-bond acceptors (Lipinski definition) is 4. The zero-order valence-corrected chi connectivity index (χ0v) is 10.6. The van der Waals surface area contributed by atoms with Crippen LogP contribution in [-0.4, -0.2) is 38.5 Å². The van der Waals surface area contributed by atoms with Crippen LogP contribution in [0.2, 0.25) is 0 Å². The molecule has 0 saturated carbocycles. The molecular weight excluding hydrogens is 235 g/mol. The van der Waals surface area contributed by atoms with Gasteiger partial charge in [0.15, 0.2) is 0 Å². The first-order chi connectivity index (χ1) is 8.60. The second kappa shape index (κ2) is 6.94. The molecule has 0 bridgehead atoms. The average molecular weight is 252 g/mol. The fourth-order valence-electron chi connectivity index (χ4n) is 1.66. The van der Waals surface area contributed by atoms with E-state index in [1.807, 2.05) is 24.9 Å². The van der Waals surface area contributed by atoms with Crippen molar-refractivity contribution in [2.75, 3.05) is 38.3 Å². The SMILES string of the molecule is Cc1cc(C#N)c(F)cc1N(C)CCOCCO. The summed E-state index contributed by atoms with van der Waals surface area (Å²) in [6.07, 6.45) is 0. The van der Waals surface area contributed by atoms with Gasteiger partial charge in [0.05, 0.1) is 25.4 Å². The van der Waals surface area contributed by atoms with Crippen molar-refractivity contribution in [2.45, 2.75) is 6.92 Å². The number of anilines is 1. The summed E-state index contributed by atoms with van der Waals surface area (Å²) in [5.74, 6) is -0.513. The molecule has 0 radical (unpaired) electrons. The molecule has 0 fully saturated rings. The molecule has 0 amide bonds. The van der Waals surface area contributed by atoms with Crippen molar-refractivity contribution in [3.05, 3.63) is 29.1 Å². The van der Waals surface area contributed by atoms with Crippen LogP contribution in [-0.2, 0) is 4.74 Å². The Bertz CT molecular complexity index is 443. The highest BCUT2D eigenvalue weighted by Gasteiger charge is 2.10. The van der Waals surface area contributed by atoms with Crippen molar-refractivity contribution in [3.8, 4) is 6.07 Å². The summed E-state index contributed by atoms with van der Waals surface area (Å²) in [4.78, 5) is 1.86. The molecule has 0 aliphatic carbocycles. The largest absolute Gasteiger partial charge is 0.394 e. The van der Waals surface area contributed by atoms with Crippen LogP contribution in [0.5, 0.6) is 0 Å². The summed E-state index contributed by atoms with van der Waals surface area (Å²) < 4.78 is 18.7. The van der Waals surface area contributed by atoms with Crippen molar-refractivity contribution in [1.29, 1.82) is 5.26 Å². The Morgan fingerprint density at radius 3 is 2.78 bits per heavy atom. The van der Waals surface area contributed by atoms with Crippen LogP contribution >= 0.6 is 0 Å². The monoisotopic (exact) mass is 252 g/mol. The van der Waals surface area contributed by atoms with Crippen LogP contribution in [0, 0.1) is 24.1 Å². The van der Waals surface area contributed by atoms with Crippen LogP contribution in [0.3, 0.4) is 0 Å². The molecule has 0 aliphatic rings. The summed E-state index contributed by atoms with van der Waals surface area (Å²) in [5, 5.41) is 17.3. The maximum atomic E-state index is 13.5. The highest BCUT2D eigenvalue weighted by Crippen LogP contribution is 2.22. The minimum absolute atomic E-state index is 0.00572. The van der Waals surface area contributed by atoms with E-state index in [1.54, 1.807) is 0 Å². The lowest BCUT2D eigenvalue weighted by molar-refractivity contribution is 0.0971. The Morgan fingerprint density at radius 1 is 1.44 bits per heavy atom. The van der Waals surface area contributed by atoms with Crippen LogP contribution in [0.15, 0.2) is 12.1 Å². The highest BCUT2D eigenvalue weighted by atomic mass is 19.1. The molecule has 98 valence electrons. The van der Waals surface area contributed by atoms with Crippen molar-refractivity contribution in [1.82, 2.24) is 0 Å². The molecule has 5 heteroatoms. The van der Waals surface area contributed by atoms with Crippen LogP contribution < -0.4 is 4.90 Å². The van der Waals surface area contributed by atoms with E-state index in [9.17, 15) is 4.39 Å². The molecule has 4 nitrogen and oxygen atoms in total. The molecule has 0 aliphatic heterocycles. The number of nitriles is 1. The number of aryl methyl sites for hydroxylation is 1. The quantitative estimate of drug-likeness (QED) is 0.779. The zero-order valence-electron chi connectivity index (χ0n) is 10.6. The van der Waals surface area contributed by atoms with Gasteiger partial charge in [-0.05, 0) is 24.6 Å². The molecule has 0 heterocycles. The van der Waals surface area contributed by atoms with Crippen molar-refractivity contribution in [3.63, 3.8) is 0 Å². The van der Waals surface area contributed by atoms with Crippen LogP contribution in [0.1, 0.15) is 11.1 Å². The molecule has 0 aromatic heterocycles. The number of aliphatic hydroxyl groups is 1. The van der Waals surface area contributed by atoms with Crippen LogP contribution in [0.25, 0.3) is 0 Å². The van der Waals surface area contributed by atoms with E-state index in [2.05, 4.69) is 0 Å². The number of benzene rings is 1. The van der Waals surface area contributed by atoms with Crippen molar-refractivity contribution >= 4 is 5.69 Å². The minimum Gasteiger partial charge on any atom is -0.394 e. The lowest BCUT2D eigenvalue weighted by atomic mass is 10.1. The molecule has 0 atom stereocenters. The lowest BCUT2D eigenvalue weighted by Crippen LogP contribution is -2.24. The summed E-state index contributed by atoms with van der Waals surface area (Å²) >= 11 is 0. The van der Waals surface area contributed by atoms with E-state index in [4.69, 9.17) is 15.1 Å². The van der Waals surface area contributed by atoms with Gasteiger partial charge in [0, 0.05) is 19.3 Å². The van der Waals surface area contributed by atoms with Gasteiger partial charge in [-0.25, -0.2) is 4.39 Å². The third-order valence-corrected chi connectivity index (χ3v) is 2.62. The first kappa shape index (κ1) is 14.4. The van der Waals surface area contributed by atoms with Gasteiger partial charge >= 0.3 is 0 Å². The predicted octanol–water partition coefficient (Wildman–Crippen LogP) is 1.45. The number of rotatable bonds is 6. The molecule has 0 unspecified atom stereocenters. The van der Waals surface area contributed by atoms with Gasteiger partial charge in [-0.15, -0.1) is 0 Å². The van der Waals surface area contributed by atoms with Gasteiger partial charge in [0.2, 0.25) is 0 Å². The predicted molar refractivity (Wildman–Crippen MR) is 67.0 cm³/mol. The van der Waals surface area contributed by atoms with Gasteiger partial charge in [-0.3, -0.25) is 0 Å². The molecule has 1 rings (SSSR count). The first-order valence-electron chi connectivity index (χ1n) is 5.70. The third kappa shape index (κ3) is 3.69. The van der Waals surface area contributed by atoms with E-state index in [0.717, 1.165) is 11.3 Å². The summed E-state index contributed by atoms with van der Waals surface area (Å²) in [5.41, 5.74) is 1.64. The van der Waals surface area contributed by atoms with E-state index in [1.165, 1.54) is 12.1 Å². The number of ether oxygens (including phenoxy) is 1. The molecule has 1 aromatic rings. The molecule has 0 spiro atoms. The highest BCUT2D eigenvalue weighted by molar-refractivity contribution is 5.56. The Morgan fingerprint density at radius 2 is 2.17 bits per heavy atom. The third-order valence-electron chi connectivity index (χ3n) is 2.62. The fourth-order valence-corrected chi connectivity index (χ4v) is 1.66. The average Bonchev–Trinajstić information content (AvgIpc) is 2.36. The number of aliphatic hydroxyl groups excluding tert-OH is 1. The maximum absolute atomic E-state index is 13.5. The summed E-state index contributed by atoms with van der Waals surface area (Å²) in [6, 6.07) is 4.71. The number of hydrogen-bond donors (Lipinski definition) is 1. The van der Waals surface area contributed by atoms with Crippen molar-refractivity contribution < 1.29 is 14.2 Å². The van der Waals surface area contributed by atoms with E-state index in [-0.39, 0.29) is 12.2 Å². The van der Waals surface area contributed by atoms with Gasteiger partial charge in [-0.2, -0.15) is 5.26 Å². The van der Waals surface area contributed by atoms with Gasteiger partial charge in [0.25, 0.3) is 0 Å². The number of likely N-dealkylation sites (N-methyl/N-ethyl adjacent to an activating group) is 1. The molecule has 18 heavy (non-hydrogen) atoms. The molecular formula is C13H17FN2O2. The fraction of sp³-hybridized carbons (Fsp3) is 0.462. The zero-order chi connectivity index (χ0) is 13.5. The van der Waals surface area contributed by atoms with Crippen LogP contribution in [0.4, 0.5) is 10.1 Å². The Labute approximate surface area is 106 Å². The molecule has 0 saturated heterocycles. The molecule has 1 aromatic carbocycles. The minimum atomic E-state index is -0.513. The Kier molecular flexibility index (Phi) is 5.56.